The fourth-order valence-corrected chi connectivity index (χ4v) is 3.95. The topological polar surface area (TPSA) is 70.4 Å². The Hall–Kier alpha value is -2.25. The summed E-state index contributed by atoms with van der Waals surface area (Å²) >= 11 is 6.03. The van der Waals surface area contributed by atoms with Crippen LogP contribution < -0.4 is 9.47 Å². The van der Waals surface area contributed by atoms with E-state index in [-0.39, 0.29) is 21.4 Å². The molecule has 0 aliphatic heterocycles. The highest BCUT2D eigenvalue weighted by Crippen LogP contribution is 2.36. The van der Waals surface area contributed by atoms with Gasteiger partial charge in [-0.05, 0) is 12.1 Å². The molecule has 8 heteroatoms. The van der Waals surface area contributed by atoms with Crippen molar-refractivity contribution in [3.63, 3.8) is 0 Å². The van der Waals surface area contributed by atoms with E-state index >= 15 is 0 Å². The van der Waals surface area contributed by atoms with Gasteiger partial charge in [-0.15, -0.1) is 0 Å². The van der Waals surface area contributed by atoms with Gasteiger partial charge in [-0.2, -0.15) is 0 Å². The van der Waals surface area contributed by atoms with Gasteiger partial charge in [-0.25, -0.2) is 17.4 Å². The summed E-state index contributed by atoms with van der Waals surface area (Å²) in [4.78, 5) is 4.06. The van der Waals surface area contributed by atoms with E-state index < -0.39 is 10.0 Å². The molecule has 2 aromatic carbocycles. The highest BCUT2D eigenvalue weighted by atomic mass is 35.5. The molecule has 0 fully saturated rings. The van der Waals surface area contributed by atoms with Crippen LogP contribution in [0, 0.1) is 0 Å². The van der Waals surface area contributed by atoms with Gasteiger partial charge in [0.1, 0.15) is 22.7 Å². The Kier molecular flexibility index (Phi) is 3.91. The van der Waals surface area contributed by atoms with Crippen molar-refractivity contribution in [2.45, 2.75) is 4.90 Å². The minimum atomic E-state index is -3.92. The summed E-state index contributed by atoms with van der Waals surface area (Å²) in [5.74, 6) is 0.379. The molecule has 23 heavy (non-hydrogen) atoms. The van der Waals surface area contributed by atoms with Crippen molar-refractivity contribution in [3.8, 4) is 11.5 Å². The smallest absolute Gasteiger partial charge is 0.273 e. The quantitative estimate of drug-likeness (QED) is 0.722. The number of rotatable bonds is 4. The molecule has 0 N–H and O–H groups in total. The SMILES string of the molecule is COc1cc(S(=O)(=O)n2cnc3ccccc32)c(OC)cc1Cl. The number of nitrogens with zero attached hydrogens (tertiary/aromatic N) is 2. The van der Waals surface area contributed by atoms with E-state index in [2.05, 4.69) is 4.98 Å². The summed E-state index contributed by atoms with van der Waals surface area (Å²) in [5.41, 5.74) is 1.06. The number of fused-ring (bicyclic) bond motifs is 1. The Morgan fingerprint density at radius 2 is 1.78 bits per heavy atom. The summed E-state index contributed by atoms with van der Waals surface area (Å²) in [6.07, 6.45) is 1.26. The average molecular weight is 353 g/mol. The van der Waals surface area contributed by atoms with Crippen molar-refractivity contribution in [1.29, 1.82) is 0 Å². The molecule has 0 amide bonds. The van der Waals surface area contributed by atoms with Crippen LogP contribution in [-0.2, 0) is 10.0 Å². The minimum Gasteiger partial charge on any atom is -0.495 e. The number of halogens is 1. The lowest BCUT2D eigenvalue weighted by Crippen LogP contribution is -2.13. The molecule has 6 nitrogen and oxygen atoms in total. The van der Waals surface area contributed by atoms with Gasteiger partial charge in [0, 0.05) is 12.1 Å². The van der Waals surface area contributed by atoms with Crippen molar-refractivity contribution < 1.29 is 17.9 Å². The van der Waals surface area contributed by atoms with Crippen molar-refractivity contribution in [1.82, 2.24) is 8.96 Å². The molecule has 0 radical (unpaired) electrons. The van der Waals surface area contributed by atoms with Crippen molar-refractivity contribution in [2.24, 2.45) is 0 Å². The molecular formula is C15H13ClN2O4S. The normalized spacial score (nSPS) is 11.6. The largest absolute Gasteiger partial charge is 0.495 e. The van der Waals surface area contributed by atoms with Crippen LogP contribution in [0.15, 0.2) is 47.6 Å². The number of hydrogen-bond donors (Lipinski definition) is 0. The Labute approximate surface area is 138 Å². The van der Waals surface area contributed by atoms with E-state index in [1.807, 2.05) is 0 Å². The molecule has 0 saturated carbocycles. The predicted octanol–water partition coefficient (Wildman–Crippen LogP) is 2.94. The number of para-hydroxylation sites is 2. The summed E-state index contributed by atoms with van der Waals surface area (Å²) in [5, 5.41) is 0.263. The molecule has 3 rings (SSSR count). The van der Waals surface area contributed by atoms with Gasteiger partial charge in [0.2, 0.25) is 0 Å². The maximum atomic E-state index is 13.0. The van der Waals surface area contributed by atoms with Crippen LogP contribution in [0.3, 0.4) is 0 Å². The standard InChI is InChI=1S/C15H13ClN2O4S/c1-21-13-8-15(14(22-2)7-10(13)16)23(19,20)18-9-17-11-5-3-4-6-12(11)18/h3-9H,1-2H3. The highest BCUT2D eigenvalue weighted by Gasteiger charge is 2.25. The summed E-state index contributed by atoms with van der Waals surface area (Å²) < 4.78 is 37.4. The fraction of sp³-hybridized carbons (Fsp3) is 0.133. The Balaban J connectivity index is 2.28. The van der Waals surface area contributed by atoms with Crippen LogP contribution >= 0.6 is 11.6 Å². The zero-order valence-electron chi connectivity index (χ0n) is 12.4. The molecule has 0 saturated heterocycles. The van der Waals surface area contributed by atoms with E-state index in [9.17, 15) is 8.42 Å². The van der Waals surface area contributed by atoms with Gasteiger partial charge < -0.3 is 9.47 Å². The molecule has 1 heterocycles. The molecule has 0 aliphatic rings. The minimum absolute atomic E-state index is 0.0515. The Bertz CT molecular complexity index is 982. The van der Waals surface area contributed by atoms with E-state index in [1.54, 1.807) is 24.3 Å². The van der Waals surface area contributed by atoms with Crippen LogP contribution in [0.25, 0.3) is 11.0 Å². The number of ether oxygens (including phenoxy) is 2. The number of hydrogen-bond acceptors (Lipinski definition) is 5. The van der Waals surface area contributed by atoms with Gasteiger partial charge in [0.05, 0.1) is 30.3 Å². The third-order valence-electron chi connectivity index (χ3n) is 3.40. The fourth-order valence-electron chi connectivity index (χ4n) is 2.27. The van der Waals surface area contributed by atoms with Crippen molar-refractivity contribution in [3.05, 3.63) is 47.7 Å². The Morgan fingerprint density at radius 1 is 1.09 bits per heavy atom. The number of benzene rings is 2. The molecule has 3 aromatic rings. The van der Waals surface area contributed by atoms with Crippen molar-refractivity contribution in [2.75, 3.05) is 14.2 Å². The Morgan fingerprint density at radius 3 is 2.48 bits per heavy atom. The molecule has 0 bridgehead atoms. The van der Waals surface area contributed by atoms with Gasteiger partial charge in [0.25, 0.3) is 10.0 Å². The second kappa shape index (κ2) is 5.75. The number of methoxy groups -OCH3 is 2. The molecule has 0 spiro atoms. The van der Waals surface area contributed by atoms with Crippen LogP contribution in [0.1, 0.15) is 0 Å². The van der Waals surface area contributed by atoms with E-state index in [0.717, 1.165) is 3.97 Å². The van der Waals surface area contributed by atoms with Crippen LogP contribution in [0.5, 0.6) is 11.5 Å². The van der Waals surface area contributed by atoms with Crippen LogP contribution in [0.2, 0.25) is 5.02 Å². The van der Waals surface area contributed by atoms with E-state index in [4.69, 9.17) is 21.1 Å². The first-order chi connectivity index (χ1) is 11.0. The lowest BCUT2D eigenvalue weighted by atomic mass is 10.3. The van der Waals surface area contributed by atoms with Gasteiger partial charge in [0.15, 0.2) is 0 Å². The maximum absolute atomic E-state index is 13.0. The lowest BCUT2D eigenvalue weighted by molar-refractivity contribution is 0.392. The lowest BCUT2D eigenvalue weighted by Gasteiger charge is -2.13. The highest BCUT2D eigenvalue weighted by molar-refractivity contribution is 7.90. The maximum Gasteiger partial charge on any atom is 0.273 e. The third kappa shape index (κ3) is 2.51. The van der Waals surface area contributed by atoms with Crippen molar-refractivity contribution >= 4 is 32.7 Å². The molecule has 1 aromatic heterocycles. The number of imidazole rings is 1. The summed E-state index contributed by atoms with van der Waals surface area (Å²) in [7, 11) is -1.13. The van der Waals surface area contributed by atoms with Gasteiger partial charge in [-0.1, -0.05) is 23.7 Å². The van der Waals surface area contributed by atoms with Crippen LogP contribution in [0.4, 0.5) is 0 Å². The van der Waals surface area contributed by atoms with Crippen LogP contribution in [-0.4, -0.2) is 31.6 Å². The number of aromatic nitrogens is 2. The monoisotopic (exact) mass is 352 g/mol. The summed E-state index contributed by atoms with van der Waals surface area (Å²) in [6, 6.07) is 9.70. The first-order valence-corrected chi connectivity index (χ1v) is 8.40. The first kappa shape index (κ1) is 15.6. The second-order valence-electron chi connectivity index (χ2n) is 4.67. The van der Waals surface area contributed by atoms with E-state index in [1.165, 1.54) is 32.7 Å². The molecule has 0 unspecified atom stereocenters. The summed E-state index contributed by atoms with van der Waals surface area (Å²) in [6.45, 7) is 0. The zero-order chi connectivity index (χ0) is 16.6. The first-order valence-electron chi connectivity index (χ1n) is 6.58. The predicted molar refractivity (Wildman–Crippen MR) is 86.9 cm³/mol. The second-order valence-corrected chi connectivity index (χ2v) is 6.86. The van der Waals surface area contributed by atoms with Gasteiger partial charge in [-0.3, -0.25) is 0 Å². The molecule has 0 aliphatic carbocycles. The molecule has 0 atom stereocenters. The third-order valence-corrected chi connectivity index (χ3v) is 5.37. The van der Waals surface area contributed by atoms with E-state index in [0.29, 0.717) is 11.0 Å². The zero-order valence-corrected chi connectivity index (χ0v) is 13.9. The molecule has 120 valence electrons. The molecular weight excluding hydrogens is 340 g/mol. The van der Waals surface area contributed by atoms with Gasteiger partial charge >= 0.3 is 0 Å². The average Bonchev–Trinajstić information content (AvgIpc) is 2.99.